The molecule has 0 fully saturated rings. The lowest BCUT2D eigenvalue weighted by atomic mass is 9.85. The normalized spacial score (nSPS) is 14.2. The first-order valence-electron chi connectivity index (χ1n) is 9.35. The number of pyridine rings is 1. The van der Waals surface area contributed by atoms with Crippen LogP contribution >= 0.6 is 0 Å². The molecule has 2 atom stereocenters. The van der Waals surface area contributed by atoms with E-state index in [1.165, 1.54) is 12.1 Å². The fraction of sp³-hybridized carbons (Fsp3) is 0.409. The maximum atomic E-state index is 13.6. The van der Waals surface area contributed by atoms with Crippen molar-refractivity contribution in [2.75, 3.05) is 7.11 Å². The van der Waals surface area contributed by atoms with Crippen LogP contribution in [0, 0.1) is 5.82 Å². The second-order valence-corrected chi connectivity index (χ2v) is 6.92. The van der Waals surface area contributed by atoms with Gasteiger partial charge in [0.2, 0.25) is 0 Å². The van der Waals surface area contributed by atoms with E-state index in [4.69, 9.17) is 4.74 Å². The first-order chi connectivity index (χ1) is 12.9. The number of aromatic nitrogens is 2. The first-order valence-corrected chi connectivity index (χ1v) is 9.35. The lowest BCUT2D eigenvalue weighted by molar-refractivity contribution is 0.0443. The van der Waals surface area contributed by atoms with E-state index < -0.39 is 5.60 Å². The number of halogens is 1. The minimum atomic E-state index is -0.939. The molecule has 0 aliphatic rings. The summed E-state index contributed by atoms with van der Waals surface area (Å²) in [6.07, 6.45) is 4.48. The number of aliphatic hydroxyl groups is 1. The molecule has 0 amide bonds. The fourth-order valence-corrected chi connectivity index (χ4v) is 3.47. The van der Waals surface area contributed by atoms with Crippen LogP contribution in [-0.4, -0.2) is 27.8 Å². The van der Waals surface area contributed by atoms with Gasteiger partial charge in [0.15, 0.2) is 0 Å². The molecule has 2 N–H and O–H groups in total. The minimum Gasteiger partial charge on any atom is -0.496 e. The number of fused-ring (bicyclic) bond motifs is 1. The molecular formula is C22H29FN2O2. The summed E-state index contributed by atoms with van der Waals surface area (Å²) in [4.78, 5) is 7.38. The summed E-state index contributed by atoms with van der Waals surface area (Å²) in [7, 11) is 1.57. The zero-order valence-electron chi connectivity index (χ0n) is 16.7. The van der Waals surface area contributed by atoms with Gasteiger partial charge >= 0.3 is 0 Å². The number of hydrogen-bond donors (Lipinski definition) is 2. The van der Waals surface area contributed by atoms with Crippen molar-refractivity contribution >= 4 is 10.9 Å². The molecule has 5 heteroatoms. The summed E-state index contributed by atoms with van der Waals surface area (Å²) in [6, 6.07) is 8.45. The van der Waals surface area contributed by atoms with Crippen molar-refractivity contribution in [1.82, 2.24) is 9.97 Å². The van der Waals surface area contributed by atoms with Gasteiger partial charge in [-0.15, -0.1) is 0 Å². The Balaban J connectivity index is 0.00000126. The van der Waals surface area contributed by atoms with Crippen LogP contribution in [0.3, 0.4) is 0 Å². The Hall–Kier alpha value is -2.40. The van der Waals surface area contributed by atoms with E-state index in [9.17, 15) is 9.50 Å². The van der Waals surface area contributed by atoms with Crippen molar-refractivity contribution in [3.63, 3.8) is 0 Å². The third kappa shape index (κ3) is 5.30. The lowest BCUT2D eigenvalue weighted by Crippen LogP contribution is -2.29. The molecule has 0 aliphatic carbocycles. The van der Waals surface area contributed by atoms with Crippen LogP contribution in [0.25, 0.3) is 10.9 Å². The monoisotopic (exact) mass is 372 g/mol. The van der Waals surface area contributed by atoms with Crippen molar-refractivity contribution in [2.45, 2.75) is 52.1 Å². The molecule has 2 unspecified atom stereocenters. The van der Waals surface area contributed by atoms with Gasteiger partial charge in [0, 0.05) is 23.7 Å². The Labute approximate surface area is 160 Å². The molecule has 3 rings (SSSR count). The number of nitrogens with zero attached hydrogens (tertiary/aromatic N) is 1. The highest BCUT2D eigenvalue weighted by molar-refractivity contribution is 5.79. The van der Waals surface area contributed by atoms with Gasteiger partial charge in [-0.3, -0.25) is 4.98 Å². The topological polar surface area (TPSA) is 58.1 Å². The maximum absolute atomic E-state index is 13.6. The molecule has 0 spiro atoms. The lowest BCUT2D eigenvalue weighted by Gasteiger charge is -2.27. The van der Waals surface area contributed by atoms with E-state index in [-0.39, 0.29) is 11.7 Å². The number of methoxy groups -OCH3 is 1. The average molecular weight is 372 g/mol. The van der Waals surface area contributed by atoms with Gasteiger partial charge in [-0.2, -0.15) is 0 Å². The van der Waals surface area contributed by atoms with Crippen LogP contribution in [-0.2, 0) is 6.42 Å². The van der Waals surface area contributed by atoms with Crippen LogP contribution in [0.1, 0.15) is 51.3 Å². The Morgan fingerprint density at radius 2 is 2.00 bits per heavy atom. The van der Waals surface area contributed by atoms with Gasteiger partial charge < -0.3 is 14.8 Å². The molecule has 146 valence electrons. The second kappa shape index (κ2) is 9.00. The minimum absolute atomic E-state index is 0.0494. The van der Waals surface area contributed by atoms with E-state index in [0.717, 1.165) is 22.2 Å². The third-order valence-electron chi connectivity index (χ3n) is 4.52. The molecule has 3 aromatic rings. The van der Waals surface area contributed by atoms with E-state index >= 15 is 0 Å². The van der Waals surface area contributed by atoms with Crippen LogP contribution in [0.5, 0.6) is 5.75 Å². The zero-order valence-corrected chi connectivity index (χ0v) is 16.7. The number of nitrogens with one attached hydrogen (secondary N) is 1. The predicted octanol–water partition coefficient (Wildman–Crippen LogP) is 5.22. The third-order valence-corrected chi connectivity index (χ3v) is 4.52. The molecule has 0 saturated carbocycles. The number of ether oxygens (including phenoxy) is 1. The molecule has 2 heterocycles. The number of benzene rings is 1. The van der Waals surface area contributed by atoms with Crippen molar-refractivity contribution in [3.8, 4) is 5.75 Å². The second-order valence-electron chi connectivity index (χ2n) is 6.92. The predicted molar refractivity (Wildman–Crippen MR) is 108 cm³/mol. The summed E-state index contributed by atoms with van der Waals surface area (Å²) in [6.45, 7) is 7.78. The van der Waals surface area contributed by atoms with E-state index in [2.05, 4.69) is 9.97 Å². The van der Waals surface area contributed by atoms with Gasteiger partial charge in [-0.25, -0.2) is 4.39 Å². The van der Waals surface area contributed by atoms with Gasteiger partial charge in [-0.05, 0) is 55.2 Å². The molecule has 2 aromatic heterocycles. The Morgan fingerprint density at radius 1 is 1.26 bits per heavy atom. The van der Waals surface area contributed by atoms with Crippen molar-refractivity contribution < 1.29 is 14.2 Å². The first kappa shape index (κ1) is 20.9. The standard InChI is InChI=1S/C20H23FN2O2.C2H6/c1-13(17-9-15(21)4-5-19(17)25-3)10-20(2,24)11-16-8-14-6-7-22-12-18(14)23-16;1-2/h4-9,12-13,23-24H,10-11H2,1-3H3;1-2H3. The SMILES string of the molecule is CC.COc1ccc(F)cc1C(C)CC(C)(O)Cc1cc2ccncc2[nH]1. The zero-order chi connectivity index (χ0) is 20.0. The van der Waals surface area contributed by atoms with E-state index in [1.807, 2.05) is 32.9 Å². The van der Waals surface area contributed by atoms with Crippen molar-refractivity contribution in [3.05, 3.63) is 59.8 Å². The summed E-state index contributed by atoms with van der Waals surface area (Å²) in [5, 5.41) is 12.0. The van der Waals surface area contributed by atoms with Crippen LogP contribution in [0.15, 0.2) is 42.7 Å². The van der Waals surface area contributed by atoms with Gasteiger partial charge in [-0.1, -0.05) is 20.8 Å². The summed E-state index contributed by atoms with van der Waals surface area (Å²) >= 11 is 0. The molecule has 1 aromatic carbocycles. The average Bonchev–Trinajstić information content (AvgIpc) is 3.04. The quantitative estimate of drug-likeness (QED) is 0.623. The Bertz CT molecular complexity index is 841. The Kier molecular flexibility index (Phi) is 6.97. The smallest absolute Gasteiger partial charge is 0.123 e. The number of H-pyrrole nitrogens is 1. The Morgan fingerprint density at radius 3 is 2.67 bits per heavy atom. The van der Waals surface area contributed by atoms with Gasteiger partial charge in [0.25, 0.3) is 0 Å². The highest BCUT2D eigenvalue weighted by Gasteiger charge is 2.27. The summed E-state index contributed by atoms with van der Waals surface area (Å²) in [5.74, 6) is 0.290. The highest BCUT2D eigenvalue weighted by atomic mass is 19.1. The van der Waals surface area contributed by atoms with E-state index in [1.54, 1.807) is 32.5 Å². The molecule has 4 nitrogen and oxygen atoms in total. The highest BCUT2D eigenvalue weighted by Crippen LogP contribution is 2.34. The van der Waals surface area contributed by atoms with Crippen molar-refractivity contribution in [1.29, 1.82) is 0 Å². The van der Waals surface area contributed by atoms with Gasteiger partial charge in [0.1, 0.15) is 11.6 Å². The molecule has 0 saturated heterocycles. The van der Waals surface area contributed by atoms with Crippen LogP contribution in [0.2, 0.25) is 0 Å². The number of aromatic amines is 1. The molecule has 0 radical (unpaired) electrons. The van der Waals surface area contributed by atoms with Crippen LogP contribution < -0.4 is 4.74 Å². The van der Waals surface area contributed by atoms with Crippen molar-refractivity contribution in [2.24, 2.45) is 0 Å². The number of hydrogen-bond acceptors (Lipinski definition) is 3. The summed E-state index contributed by atoms with van der Waals surface area (Å²) < 4.78 is 18.9. The molecule has 0 bridgehead atoms. The van der Waals surface area contributed by atoms with Gasteiger partial charge in [0.05, 0.1) is 24.4 Å². The molecular weight excluding hydrogens is 343 g/mol. The number of rotatable bonds is 6. The van der Waals surface area contributed by atoms with Crippen LogP contribution in [0.4, 0.5) is 4.39 Å². The molecule has 27 heavy (non-hydrogen) atoms. The fourth-order valence-electron chi connectivity index (χ4n) is 3.47. The maximum Gasteiger partial charge on any atom is 0.123 e. The van der Waals surface area contributed by atoms with E-state index in [0.29, 0.717) is 18.6 Å². The summed E-state index contributed by atoms with van der Waals surface area (Å²) in [5.41, 5.74) is 1.73. The molecule has 0 aliphatic heterocycles. The largest absolute Gasteiger partial charge is 0.496 e.